The van der Waals surface area contributed by atoms with Crippen molar-refractivity contribution in [2.75, 3.05) is 39.3 Å². The number of nitrogens with zero attached hydrogens (tertiary/aromatic N) is 6. The molecule has 1 N–H and O–H groups in total. The second-order valence-corrected chi connectivity index (χ2v) is 9.15. The van der Waals surface area contributed by atoms with E-state index in [0.717, 1.165) is 80.4 Å². The molecular weight excluding hydrogens is 545 g/mol. The number of hydrogen-bond acceptors (Lipinski definition) is 5. The van der Waals surface area contributed by atoms with Crippen molar-refractivity contribution >= 4 is 58.5 Å². The molecule has 1 aliphatic rings. The summed E-state index contributed by atoms with van der Waals surface area (Å²) in [4.78, 5) is 11.1. The largest absolute Gasteiger partial charge is 0.357 e. The molecule has 3 aromatic rings. The molecule has 4 heterocycles. The molecule has 7 nitrogen and oxygen atoms in total. The second kappa shape index (κ2) is 12.0. The zero-order valence-corrected chi connectivity index (χ0v) is 21.6. The Morgan fingerprint density at radius 3 is 2.74 bits per heavy atom. The Morgan fingerprint density at radius 1 is 1.16 bits per heavy atom. The average molecular weight is 574 g/mol. The average Bonchev–Trinajstić information content (AvgIpc) is 3.37. The number of rotatable bonds is 7. The van der Waals surface area contributed by atoms with Gasteiger partial charge in [0.05, 0.1) is 4.34 Å². The van der Waals surface area contributed by atoms with E-state index in [4.69, 9.17) is 16.6 Å². The van der Waals surface area contributed by atoms with E-state index in [-0.39, 0.29) is 24.0 Å². The molecule has 0 atom stereocenters. The van der Waals surface area contributed by atoms with Crippen molar-refractivity contribution in [3.8, 4) is 0 Å². The number of aromatic nitrogens is 3. The number of pyridine rings is 1. The van der Waals surface area contributed by atoms with Gasteiger partial charge in [-0.2, -0.15) is 0 Å². The first-order valence-electron chi connectivity index (χ1n) is 10.5. The molecule has 0 saturated carbocycles. The lowest BCUT2D eigenvalue weighted by Gasteiger charge is -2.36. The van der Waals surface area contributed by atoms with Gasteiger partial charge in [-0.05, 0) is 37.6 Å². The van der Waals surface area contributed by atoms with Crippen molar-refractivity contribution in [1.82, 2.24) is 29.7 Å². The minimum atomic E-state index is 0. The molecule has 0 unspecified atom stereocenters. The minimum Gasteiger partial charge on any atom is -0.357 e. The molecule has 0 spiro atoms. The number of piperazine rings is 1. The van der Waals surface area contributed by atoms with Crippen LogP contribution < -0.4 is 5.32 Å². The van der Waals surface area contributed by atoms with E-state index in [1.54, 1.807) is 11.3 Å². The smallest absolute Gasteiger partial charge is 0.194 e. The van der Waals surface area contributed by atoms with E-state index in [1.807, 2.05) is 30.5 Å². The topological polar surface area (TPSA) is 61.1 Å². The van der Waals surface area contributed by atoms with Crippen LogP contribution in [0.25, 0.3) is 5.65 Å². The third kappa shape index (κ3) is 6.53. The van der Waals surface area contributed by atoms with Crippen LogP contribution in [0.15, 0.2) is 41.5 Å². The van der Waals surface area contributed by atoms with Crippen LogP contribution in [0.1, 0.15) is 24.0 Å². The molecule has 0 amide bonds. The van der Waals surface area contributed by atoms with Crippen molar-refractivity contribution in [2.45, 2.75) is 26.3 Å². The van der Waals surface area contributed by atoms with Gasteiger partial charge in [0.1, 0.15) is 5.82 Å². The van der Waals surface area contributed by atoms with Crippen LogP contribution in [-0.4, -0.2) is 69.6 Å². The normalized spacial score (nSPS) is 15.3. The van der Waals surface area contributed by atoms with Crippen molar-refractivity contribution in [3.63, 3.8) is 0 Å². The van der Waals surface area contributed by atoms with Crippen LogP contribution in [0.3, 0.4) is 0 Å². The minimum absolute atomic E-state index is 0. The van der Waals surface area contributed by atoms with E-state index in [0.29, 0.717) is 0 Å². The van der Waals surface area contributed by atoms with Crippen LogP contribution in [0.2, 0.25) is 4.34 Å². The highest BCUT2D eigenvalue weighted by atomic mass is 127. The molecule has 1 saturated heterocycles. The number of aryl methyl sites for hydroxylation is 1. The van der Waals surface area contributed by atoms with Gasteiger partial charge in [0.2, 0.25) is 0 Å². The fourth-order valence-electron chi connectivity index (χ4n) is 3.68. The summed E-state index contributed by atoms with van der Waals surface area (Å²) in [7, 11) is 0. The lowest BCUT2D eigenvalue weighted by Crippen LogP contribution is -2.52. The van der Waals surface area contributed by atoms with E-state index in [1.165, 1.54) is 4.88 Å². The van der Waals surface area contributed by atoms with Gasteiger partial charge in [-0.25, -0.2) is 0 Å². The van der Waals surface area contributed by atoms with Gasteiger partial charge in [-0.15, -0.1) is 45.5 Å². The summed E-state index contributed by atoms with van der Waals surface area (Å²) < 4.78 is 2.92. The molecule has 168 valence electrons. The van der Waals surface area contributed by atoms with Gasteiger partial charge in [-0.1, -0.05) is 17.7 Å². The zero-order valence-electron chi connectivity index (χ0n) is 17.7. The SMILES string of the molecule is CCNC(=NCCCc1nnc2ccccn12)N1CCN(Cc2ccc(Cl)s2)CC1.I. The highest BCUT2D eigenvalue weighted by molar-refractivity contribution is 14.0. The molecule has 0 radical (unpaired) electrons. The van der Waals surface area contributed by atoms with E-state index in [2.05, 4.69) is 42.7 Å². The standard InChI is InChI=1S/C21H28ClN7S.HI/c1-2-23-21(24-10-5-7-20-26-25-19-6-3-4-11-29(19)20)28-14-12-27(13-15-28)16-17-8-9-18(22)30-17;/h3-4,6,8-9,11H,2,5,7,10,12-16H2,1H3,(H,23,24);1H. The Hall–Kier alpha value is -1.43. The number of halogens is 2. The fraction of sp³-hybridized carbons (Fsp3) is 0.476. The van der Waals surface area contributed by atoms with Gasteiger partial charge >= 0.3 is 0 Å². The highest BCUT2D eigenvalue weighted by Crippen LogP contribution is 2.23. The highest BCUT2D eigenvalue weighted by Gasteiger charge is 2.20. The summed E-state index contributed by atoms with van der Waals surface area (Å²) in [6.45, 7) is 8.79. The molecule has 1 fully saturated rings. The van der Waals surface area contributed by atoms with Gasteiger partial charge in [-0.3, -0.25) is 14.3 Å². The van der Waals surface area contributed by atoms with E-state index in [9.17, 15) is 0 Å². The van der Waals surface area contributed by atoms with E-state index < -0.39 is 0 Å². The van der Waals surface area contributed by atoms with Crippen LogP contribution in [-0.2, 0) is 13.0 Å². The quantitative estimate of drug-likeness (QED) is 0.202. The Morgan fingerprint density at radius 2 is 2.00 bits per heavy atom. The Labute approximate surface area is 209 Å². The summed E-state index contributed by atoms with van der Waals surface area (Å²) in [5.74, 6) is 2.01. The maximum atomic E-state index is 6.06. The number of guanidine groups is 1. The second-order valence-electron chi connectivity index (χ2n) is 7.35. The summed E-state index contributed by atoms with van der Waals surface area (Å²) in [6, 6.07) is 10.1. The monoisotopic (exact) mass is 573 g/mol. The summed E-state index contributed by atoms with van der Waals surface area (Å²) in [5.41, 5.74) is 0.895. The third-order valence-electron chi connectivity index (χ3n) is 5.22. The van der Waals surface area contributed by atoms with Crippen molar-refractivity contribution in [3.05, 3.63) is 51.6 Å². The van der Waals surface area contributed by atoms with Crippen molar-refractivity contribution in [1.29, 1.82) is 0 Å². The predicted molar refractivity (Wildman–Crippen MR) is 139 cm³/mol. The first-order chi connectivity index (χ1) is 14.7. The molecule has 31 heavy (non-hydrogen) atoms. The molecule has 1 aliphatic heterocycles. The van der Waals surface area contributed by atoms with Gasteiger partial charge in [0, 0.05) is 63.3 Å². The van der Waals surface area contributed by atoms with Crippen molar-refractivity contribution < 1.29 is 0 Å². The molecule has 0 aliphatic carbocycles. The Kier molecular flexibility index (Phi) is 9.36. The van der Waals surface area contributed by atoms with Gasteiger partial charge < -0.3 is 10.2 Å². The Bertz CT molecular complexity index is 981. The maximum Gasteiger partial charge on any atom is 0.194 e. The van der Waals surface area contributed by atoms with Crippen LogP contribution in [0, 0.1) is 0 Å². The fourth-order valence-corrected chi connectivity index (χ4v) is 4.81. The molecular formula is C21H29ClIN7S. The predicted octanol–water partition coefficient (Wildman–Crippen LogP) is 3.78. The van der Waals surface area contributed by atoms with Gasteiger partial charge in [0.25, 0.3) is 0 Å². The van der Waals surface area contributed by atoms with Crippen LogP contribution in [0.5, 0.6) is 0 Å². The number of aliphatic imine (C=N–C) groups is 1. The summed E-state index contributed by atoms with van der Waals surface area (Å²) in [5, 5.41) is 12.0. The summed E-state index contributed by atoms with van der Waals surface area (Å²) in [6.07, 6.45) is 3.83. The lowest BCUT2D eigenvalue weighted by atomic mass is 10.3. The van der Waals surface area contributed by atoms with E-state index >= 15 is 0 Å². The first kappa shape index (κ1) is 24.2. The van der Waals surface area contributed by atoms with Gasteiger partial charge in [0.15, 0.2) is 11.6 Å². The Balaban J connectivity index is 0.00000272. The zero-order chi connectivity index (χ0) is 20.8. The number of fused-ring (bicyclic) bond motifs is 1. The van der Waals surface area contributed by atoms with Crippen LogP contribution >= 0.6 is 46.9 Å². The number of thiophene rings is 1. The molecule has 4 rings (SSSR count). The summed E-state index contributed by atoms with van der Waals surface area (Å²) >= 11 is 7.73. The molecule has 3 aromatic heterocycles. The number of nitrogens with one attached hydrogen (secondary N) is 1. The maximum absolute atomic E-state index is 6.06. The molecule has 0 bridgehead atoms. The first-order valence-corrected chi connectivity index (χ1v) is 11.7. The van der Waals surface area contributed by atoms with Crippen LogP contribution in [0.4, 0.5) is 0 Å². The third-order valence-corrected chi connectivity index (χ3v) is 6.44. The molecule has 0 aromatic carbocycles. The van der Waals surface area contributed by atoms with Crippen molar-refractivity contribution in [2.24, 2.45) is 4.99 Å². The number of hydrogen-bond donors (Lipinski definition) is 1. The molecule has 10 heteroatoms. The lowest BCUT2D eigenvalue weighted by molar-refractivity contribution is 0.173.